The predicted octanol–water partition coefficient (Wildman–Crippen LogP) is 1.63. The molecule has 4 N–H and O–H groups in total. The number of hydrogen-bond donors (Lipinski definition) is 2. The first-order valence-electron chi connectivity index (χ1n) is 5.20. The molecular formula is C11H29NO4. The molecule has 0 aromatic carbocycles. The fourth-order valence-corrected chi connectivity index (χ4v) is 1.06. The lowest BCUT2D eigenvalue weighted by atomic mass is 10.0. The molecule has 5 heteroatoms. The van der Waals surface area contributed by atoms with Gasteiger partial charge in [-0.15, -0.1) is 0 Å². The summed E-state index contributed by atoms with van der Waals surface area (Å²) in [5.41, 5.74) is 0. The molecule has 0 aliphatic heterocycles. The molecule has 0 heterocycles. The molecule has 0 aromatic rings. The molecule has 102 valence electrons. The van der Waals surface area contributed by atoms with E-state index in [9.17, 15) is 0 Å². The third kappa shape index (κ3) is 50.5. The summed E-state index contributed by atoms with van der Waals surface area (Å²) in [6.07, 6.45) is 9.88. The zero-order chi connectivity index (χ0) is 12.4. The number of aliphatic hydroxyl groups excluding tert-OH is 1. The lowest BCUT2D eigenvalue weighted by molar-refractivity contribution is 0.277. The van der Waals surface area contributed by atoms with Gasteiger partial charge < -0.3 is 20.1 Å². The summed E-state index contributed by atoms with van der Waals surface area (Å²) >= 11 is 0. The van der Waals surface area contributed by atoms with Gasteiger partial charge in [-0.1, -0.05) is 38.5 Å². The molecule has 0 radical (unpaired) electrons. The average Bonchev–Trinajstić information content (AvgIpc) is 2.35. The number of hydrogen-bond acceptors (Lipinski definition) is 4. The molecule has 0 atom stereocenters. The van der Waals surface area contributed by atoms with Crippen LogP contribution in [-0.4, -0.2) is 45.4 Å². The van der Waals surface area contributed by atoms with Crippen molar-refractivity contribution in [2.24, 2.45) is 0 Å². The fourth-order valence-electron chi connectivity index (χ4n) is 1.06. The van der Waals surface area contributed by atoms with Gasteiger partial charge in [-0.05, 0) is 0 Å². The van der Waals surface area contributed by atoms with Crippen molar-refractivity contribution < 1.29 is 20.1 Å². The molecule has 0 amide bonds. The fraction of sp³-hybridized carbons (Fsp3) is 0.909. The number of ether oxygens (including phenoxy) is 2. The van der Waals surface area contributed by atoms with Gasteiger partial charge in [0.05, 0.1) is 7.11 Å². The second kappa shape index (κ2) is 36.7. The van der Waals surface area contributed by atoms with Gasteiger partial charge in [0, 0.05) is 21.3 Å². The van der Waals surface area contributed by atoms with Crippen LogP contribution in [0.1, 0.15) is 38.5 Å². The van der Waals surface area contributed by atoms with Crippen molar-refractivity contribution in [1.29, 1.82) is 5.41 Å². The highest BCUT2D eigenvalue weighted by atomic mass is 16.5. The van der Waals surface area contributed by atoms with E-state index in [1.54, 1.807) is 14.2 Å². The molecule has 5 nitrogen and oxygen atoms in total. The molecule has 0 bridgehead atoms. The Balaban J connectivity index is -0.0000000645. The summed E-state index contributed by atoms with van der Waals surface area (Å²) in [6, 6.07) is 0. The zero-order valence-electron chi connectivity index (χ0n) is 11.1. The Morgan fingerprint density at radius 3 is 1.06 bits per heavy atom. The second-order valence-electron chi connectivity index (χ2n) is 2.88. The van der Waals surface area contributed by atoms with Crippen LogP contribution in [0.2, 0.25) is 0 Å². The topological polar surface area (TPSA) is 94.0 Å². The Bertz CT molecular complexity index is 76.5. The SMILES string of the molecule is C1CCCCC1.CO.COC.COC=N.O. The van der Waals surface area contributed by atoms with Crippen molar-refractivity contribution in [2.45, 2.75) is 38.5 Å². The second-order valence-corrected chi connectivity index (χ2v) is 2.88. The smallest absolute Gasteiger partial charge is 0.166 e. The molecule has 0 saturated heterocycles. The van der Waals surface area contributed by atoms with Crippen molar-refractivity contribution in [3.8, 4) is 0 Å². The standard InChI is InChI=1S/C6H12.C2H5NO.C2H6O.CH4O.H2O/c1-2-4-6-5-3-1;1-4-2-3;1-3-2;1-2;/h1-6H2;2-3H,1H3;1-2H3;2H,1H3;1H2. The maximum absolute atomic E-state index is 7.00. The Kier molecular flexibility index (Phi) is 56.3. The van der Waals surface area contributed by atoms with Crippen LogP contribution >= 0.6 is 0 Å². The van der Waals surface area contributed by atoms with Gasteiger partial charge in [0.1, 0.15) is 0 Å². The van der Waals surface area contributed by atoms with Gasteiger partial charge in [-0.2, -0.15) is 0 Å². The van der Waals surface area contributed by atoms with Gasteiger partial charge in [0.2, 0.25) is 0 Å². The maximum atomic E-state index is 7.00. The number of nitrogens with one attached hydrogen (secondary N) is 1. The molecule has 0 spiro atoms. The van der Waals surface area contributed by atoms with Crippen LogP contribution in [0, 0.1) is 5.41 Å². The Labute approximate surface area is 99.6 Å². The molecule has 1 aliphatic rings. The van der Waals surface area contributed by atoms with E-state index in [-0.39, 0.29) is 5.48 Å². The summed E-state index contributed by atoms with van der Waals surface area (Å²) in [4.78, 5) is 0. The zero-order valence-corrected chi connectivity index (χ0v) is 11.1. The van der Waals surface area contributed by atoms with Crippen LogP contribution < -0.4 is 0 Å². The number of methoxy groups -OCH3 is 2. The van der Waals surface area contributed by atoms with Crippen LogP contribution in [-0.2, 0) is 9.47 Å². The number of rotatable bonds is 1. The van der Waals surface area contributed by atoms with Crippen molar-refractivity contribution >= 4 is 6.40 Å². The van der Waals surface area contributed by atoms with E-state index in [1.807, 2.05) is 0 Å². The van der Waals surface area contributed by atoms with Gasteiger partial charge in [-0.25, -0.2) is 0 Å². The van der Waals surface area contributed by atoms with Gasteiger partial charge in [-0.3, -0.25) is 5.41 Å². The van der Waals surface area contributed by atoms with Crippen LogP contribution in [0.25, 0.3) is 0 Å². The third-order valence-electron chi connectivity index (χ3n) is 1.62. The third-order valence-corrected chi connectivity index (χ3v) is 1.62. The molecule has 16 heavy (non-hydrogen) atoms. The highest BCUT2D eigenvalue weighted by Gasteiger charge is 1.95. The summed E-state index contributed by atoms with van der Waals surface area (Å²) < 4.78 is 8.33. The maximum Gasteiger partial charge on any atom is 0.166 e. The summed E-state index contributed by atoms with van der Waals surface area (Å²) in [7, 11) is 5.69. The first-order valence-corrected chi connectivity index (χ1v) is 5.20. The van der Waals surface area contributed by atoms with E-state index in [2.05, 4.69) is 9.47 Å². The first kappa shape index (κ1) is 24.5. The van der Waals surface area contributed by atoms with E-state index in [4.69, 9.17) is 10.5 Å². The Morgan fingerprint density at radius 1 is 0.875 bits per heavy atom. The quantitative estimate of drug-likeness (QED) is 0.538. The molecule has 1 saturated carbocycles. The largest absolute Gasteiger partial charge is 0.487 e. The Morgan fingerprint density at radius 2 is 1.00 bits per heavy atom. The Hall–Kier alpha value is -0.650. The van der Waals surface area contributed by atoms with Gasteiger partial charge in [0.15, 0.2) is 6.40 Å². The highest BCUT2D eigenvalue weighted by Crippen LogP contribution is 2.15. The van der Waals surface area contributed by atoms with Crippen LogP contribution in [0.15, 0.2) is 0 Å². The van der Waals surface area contributed by atoms with E-state index >= 15 is 0 Å². The lowest BCUT2D eigenvalue weighted by Crippen LogP contribution is -1.85. The minimum absolute atomic E-state index is 0. The average molecular weight is 239 g/mol. The van der Waals surface area contributed by atoms with Crippen LogP contribution in [0.4, 0.5) is 0 Å². The molecular weight excluding hydrogens is 210 g/mol. The summed E-state index contributed by atoms with van der Waals surface area (Å²) in [5, 5.41) is 13.1. The van der Waals surface area contributed by atoms with E-state index in [0.29, 0.717) is 0 Å². The van der Waals surface area contributed by atoms with Crippen molar-refractivity contribution in [3.63, 3.8) is 0 Å². The minimum Gasteiger partial charge on any atom is -0.487 e. The molecule has 1 fully saturated rings. The van der Waals surface area contributed by atoms with E-state index in [0.717, 1.165) is 13.5 Å². The minimum atomic E-state index is 0. The molecule has 1 rings (SSSR count). The van der Waals surface area contributed by atoms with E-state index in [1.165, 1.54) is 45.6 Å². The van der Waals surface area contributed by atoms with Crippen LogP contribution in [0.3, 0.4) is 0 Å². The molecule has 0 unspecified atom stereocenters. The first-order chi connectivity index (χ1) is 7.33. The highest BCUT2D eigenvalue weighted by molar-refractivity contribution is 5.40. The normalized spacial score (nSPS) is 11.8. The van der Waals surface area contributed by atoms with Crippen molar-refractivity contribution in [1.82, 2.24) is 0 Å². The summed E-state index contributed by atoms with van der Waals surface area (Å²) in [6.45, 7) is 0. The van der Waals surface area contributed by atoms with E-state index < -0.39 is 0 Å². The monoisotopic (exact) mass is 239 g/mol. The van der Waals surface area contributed by atoms with Crippen molar-refractivity contribution in [3.05, 3.63) is 0 Å². The van der Waals surface area contributed by atoms with Gasteiger partial charge >= 0.3 is 0 Å². The van der Waals surface area contributed by atoms with Gasteiger partial charge in [0.25, 0.3) is 0 Å². The lowest BCUT2D eigenvalue weighted by Gasteiger charge is -2.05. The van der Waals surface area contributed by atoms with Crippen molar-refractivity contribution in [2.75, 3.05) is 28.4 Å². The molecule has 0 aromatic heterocycles. The van der Waals surface area contributed by atoms with Crippen LogP contribution in [0.5, 0.6) is 0 Å². The number of aliphatic hydroxyl groups is 1. The molecule has 1 aliphatic carbocycles. The summed E-state index contributed by atoms with van der Waals surface area (Å²) in [5.74, 6) is 0. The predicted molar refractivity (Wildman–Crippen MR) is 68.2 cm³/mol.